The van der Waals surface area contributed by atoms with Crippen molar-refractivity contribution in [3.8, 4) is 0 Å². The average Bonchev–Trinajstić information content (AvgIpc) is 2.66. The molecule has 0 saturated carbocycles. The van der Waals surface area contributed by atoms with E-state index in [2.05, 4.69) is 10.5 Å². The molecule has 1 N–H and O–H groups in total. The third-order valence-electron chi connectivity index (χ3n) is 3.02. The van der Waals surface area contributed by atoms with Gasteiger partial charge in [0, 0.05) is 32.6 Å². The van der Waals surface area contributed by atoms with Gasteiger partial charge in [-0.05, 0) is 20.3 Å². The second-order valence-corrected chi connectivity index (χ2v) is 7.05. The van der Waals surface area contributed by atoms with E-state index in [0.29, 0.717) is 12.2 Å². The van der Waals surface area contributed by atoms with Crippen LogP contribution in [0.4, 0.5) is 0 Å². The Morgan fingerprint density at radius 2 is 2.00 bits per heavy atom. The van der Waals surface area contributed by atoms with Gasteiger partial charge in [0.05, 0.1) is 11.4 Å². The topological polar surface area (TPSA) is 92.5 Å². The summed E-state index contributed by atoms with van der Waals surface area (Å²) >= 11 is 0. The Morgan fingerprint density at radius 3 is 2.50 bits per heavy atom. The second kappa shape index (κ2) is 6.85. The highest BCUT2D eigenvalue weighted by Gasteiger charge is 2.14. The molecule has 0 aliphatic carbocycles. The Labute approximate surface area is 119 Å². The number of amides is 1. The third-order valence-corrected chi connectivity index (χ3v) is 4.85. The number of nitrogens with zero attached hydrogens (tertiary/aromatic N) is 2. The number of rotatable bonds is 7. The van der Waals surface area contributed by atoms with Crippen molar-refractivity contribution in [1.82, 2.24) is 14.8 Å². The average molecular weight is 303 g/mol. The van der Waals surface area contributed by atoms with Crippen molar-refractivity contribution in [2.75, 3.05) is 26.4 Å². The van der Waals surface area contributed by atoms with E-state index in [4.69, 9.17) is 4.52 Å². The van der Waals surface area contributed by atoms with Crippen LogP contribution in [0.2, 0.25) is 0 Å². The molecular weight excluding hydrogens is 282 g/mol. The maximum Gasteiger partial charge on any atom is 0.220 e. The maximum atomic E-state index is 11.6. The lowest BCUT2D eigenvalue weighted by atomic mass is 10.1. The van der Waals surface area contributed by atoms with E-state index in [0.717, 1.165) is 15.6 Å². The van der Waals surface area contributed by atoms with Gasteiger partial charge >= 0.3 is 0 Å². The minimum absolute atomic E-state index is 0.100. The predicted octanol–water partition coefficient (Wildman–Crippen LogP) is 0.232. The Hall–Kier alpha value is -1.41. The number of hydrogen-bond acceptors (Lipinski definition) is 5. The fourth-order valence-corrected chi connectivity index (χ4v) is 2.41. The van der Waals surface area contributed by atoms with E-state index in [1.54, 1.807) is 6.92 Å². The molecule has 0 saturated heterocycles. The van der Waals surface area contributed by atoms with Crippen LogP contribution in [0.5, 0.6) is 0 Å². The van der Waals surface area contributed by atoms with Crippen LogP contribution in [-0.2, 0) is 21.2 Å². The zero-order valence-corrected chi connectivity index (χ0v) is 13.1. The number of carbonyl (C=O) groups is 1. The maximum absolute atomic E-state index is 11.6. The first-order valence-corrected chi connectivity index (χ1v) is 7.93. The number of aryl methyl sites for hydroxylation is 2. The Kier molecular flexibility index (Phi) is 5.70. The van der Waals surface area contributed by atoms with Crippen LogP contribution in [0.3, 0.4) is 0 Å². The van der Waals surface area contributed by atoms with E-state index in [1.165, 1.54) is 14.1 Å². The highest BCUT2D eigenvalue weighted by atomic mass is 32.2. The lowest BCUT2D eigenvalue weighted by Crippen LogP contribution is -2.34. The van der Waals surface area contributed by atoms with E-state index >= 15 is 0 Å². The largest absolute Gasteiger partial charge is 0.361 e. The molecule has 0 bridgehead atoms. The molecule has 20 heavy (non-hydrogen) atoms. The number of carbonyl (C=O) groups excluding carboxylic acids is 1. The normalized spacial score (nSPS) is 11.8. The van der Waals surface area contributed by atoms with Gasteiger partial charge in [-0.2, -0.15) is 0 Å². The molecule has 0 aliphatic rings. The predicted molar refractivity (Wildman–Crippen MR) is 74.8 cm³/mol. The summed E-state index contributed by atoms with van der Waals surface area (Å²) in [5.74, 6) is 0.432. The monoisotopic (exact) mass is 303 g/mol. The fourth-order valence-electron chi connectivity index (χ4n) is 1.69. The molecule has 1 aromatic heterocycles. The molecule has 7 nitrogen and oxygen atoms in total. The van der Waals surface area contributed by atoms with Gasteiger partial charge in [0.1, 0.15) is 5.76 Å². The standard InChI is InChI=1S/C12H21N3O4S/c1-9-11(10(2)19-14-9)5-6-12(16)13-7-8-20(17,18)15(3)4/h5-8H2,1-4H3,(H,13,16). The first-order chi connectivity index (χ1) is 9.24. The summed E-state index contributed by atoms with van der Waals surface area (Å²) in [7, 11) is -0.338. The molecule has 0 spiro atoms. The van der Waals surface area contributed by atoms with Crippen molar-refractivity contribution in [2.24, 2.45) is 0 Å². The molecule has 0 atom stereocenters. The quantitative estimate of drug-likeness (QED) is 0.778. The van der Waals surface area contributed by atoms with Crippen LogP contribution in [0.25, 0.3) is 0 Å². The molecular formula is C12H21N3O4S. The number of nitrogens with one attached hydrogen (secondary N) is 1. The first kappa shape index (κ1) is 16.6. The molecule has 1 amide bonds. The van der Waals surface area contributed by atoms with Crippen LogP contribution in [0, 0.1) is 13.8 Å². The lowest BCUT2D eigenvalue weighted by molar-refractivity contribution is -0.120. The summed E-state index contributed by atoms with van der Waals surface area (Å²) in [5.41, 5.74) is 1.71. The van der Waals surface area contributed by atoms with Crippen LogP contribution in [0.15, 0.2) is 4.52 Å². The highest BCUT2D eigenvalue weighted by molar-refractivity contribution is 7.89. The van der Waals surface area contributed by atoms with Crippen LogP contribution < -0.4 is 5.32 Å². The van der Waals surface area contributed by atoms with E-state index in [1.807, 2.05) is 6.92 Å². The Balaban J connectivity index is 2.35. The molecule has 114 valence electrons. The van der Waals surface area contributed by atoms with Gasteiger partial charge in [-0.1, -0.05) is 5.16 Å². The van der Waals surface area contributed by atoms with Gasteiger partial charge in [0.2, 0.25) is 15.9 Å². The van der Waals surface area contributed by atoms with E-state index in [-0.39, 0.29) is 24.6 Å². The molecule has 1 heterocycles. The summed E-state index contributed by atoms with van der Waals surface area (Å²) in [5, 5.41) is 6.42. The van der Waals surface area contributed by atoms with Crippen molar-refractivity contribution in [2.45, 2.75) is 26.7 Å². The van der Waals surface area contributed by atoms with Gasteiger partial charge in [0.25, 0.3) is 0 Å². The molecule has 0 unspecified atom stereocenters. The van der Waals surface area contributed by atoms with Crippen LogP contribution in [-0.4, -0.2) is 50.2 Å². The minimum Gasteiger partial charge on any atom is -0.361 e. The Bertz CT molecular complexity index is 544. The SMILES string of the molecule is Cc1noc(C)c1CCC(=O)NCCS(=O)(=O)N(C)C. The van der Waals surface area contributed by atoms with Gasteiger partial charge in [-0.15, -0.1) is 0 Å². The van der Waals surface area contributed by atoms with Gasteiger partial charge in [0.15, 0.2) is 0 Å². The van der Waals surface area contributed by atoms with Gasteiger partial charge in [-0.3, -0.25) is 4.79 Å². The first-order valence-electron chi connectivity index (χ1n) is 6.32. The summed E-state index contributed by atoms with van der Waals surface area (Å²) in [4.78, 5) is 11.6. The van der Waals surface area contributed by atoms with E-state index < -0.39 is 10.0 Å². The van der Waals surface area contributed by atoms with Gasteiger partial charge in [-0.25, -0.2) is 12.7 Å². The van der Waals surface area contributed by atoms with Crippen molar-refractivity contribution >= 4 is 15.9 Å². The van der Waals surface area contributed by atoms with Gasteiger partial charge < -0.3 is 9.84 Å². The smallest absolute Gasteiger partial charge is 0.220 e. The van der Waals surface area contributed by atoms with Crippen molar-refractivity contribution in [1.29, 1.82) is 0 Å². The summed E-state index contributed by atoms with van der Waals surface area (Å²) in [6.07, 6.45) is 0.818. The van der Waals surface area contributed by atoms with E-state index in [9.17, 15) is 13.2 Å². The van der Waals surface area contributed by atoms with Crippen molar-refractivity contribution < 1.29 is 17.7 Å². The minimum atomic E-state index is -3.27. The number of hydrogen-bond donors (Lipinski definition) is 1. The van der Waals surface area contributed by atoms with Crippen molar-refractivity contribution in [3.05, 3.63) is 17.0 Å². The number of sulfonamides is 1. The zero-order chi connectivity index (χ0) is 15.3. The van der Waals surface area contributed by atoms with Crippen molar-refractivity contribution in [3.63, 3.8) is 0 Å². The molecule has 0 fully saturated rings. The molecule has 1 rings (SSSR count). The number of aromatic nitrogens is 1. The fraction of sp³-hybridized carbons (Fsp3) is 0.667. The summed E-state index contributed by atoms with van der Waals surface area (Å²) in [6, 6.07) is 0. The molecule has 0 aromatic carbocycles. The zero-order valence-electron chi connectivity index (χ0n) is 12.3. The molecule has 1 aromatic rings. The third kappa shape index (κ3) is 4.61. The molecule has 0 radical (unpaired) electrons. The highest BCUT2D eigenvalue weighted by Crippen LogP contribution is 2.13. The van der Waals surface area contributed by atoms with Crippen LogP contribution >= 0.6 is 0 Å². The molecule has 0 aliphatic heterocycles. The lowest BCUT2D eigenvalue weighted by Gasteiger charge is -2.11. The molecule has 8 heteroatoms. The Morgan fingerprint density at radius 1 is 1.35 bits per heavy atom. The second-order valence-electron chi connectivity index (χ2n) is 4.75. The summed E-state index contributed by atoms with van der Waals surface area (Å²) < 4.78 is 29.2. The summed E-state index contributed by atoms with van der Waals surface area (Å²) in [6.45, 7) is 3.74. The van der Waals surface area contributed by atoms with Crippen LogP contribution in [0.1, 0.15) is 23.4 Å².